The van der Waals surface area contributed by atoms with Gasteiger partial charge in [-0.1, -0.05) is 46.9 Å². The fourth-order valence-corrected chi connectivity index (χ4v) is 5.30. The maximum absolute atomic E-state index is 13.2. The molecule has 4 rings (SSSR count). The highest BCUT2D eigenvalue weighted by Crippen LogP contribution is 2.39. The van der Waals surface area contributed by atoms with Crippen molar-refractivity contribution in [1.82, 2.24) is 9.80 Å². The number of amides is 2. The smallest absolute Gasteiger partial charge is 0.336 e. The van der Waals surface area contributed by atoms with Crippen LogP contribution in [0.25, 0.3) is 0 Å². The van der Waals surface area contributed by atoms with Gasteiger partial charge in [0.25, 0.3) is 0 Å². The Balaban J connectivity index is 1.52. The van der Waals surface area contributed by atoms with Crippen molar-refractivity contribution in [3.63, 3.8) is 0 Å². The number of allylic oxidation sites excluding steroid dienone is 1. The van der Waals surface area contributed by atoms with Crippen LogP contribution in [0.15, 0.2) is 53.7 Å². The summed E-state index contributed by atoms with van der Waals surface area (Å²) in [6.45, 7) is 5.80. The van der Waals surface area contributed by atoms with Crippen LogP contribution in [0.5, 0.6) is 0 Å². The lowest BCUT2D eigenvalue weighted by atomic mass is 9.83. The molecule has 0 spiro atoms. The quantitative estimate of drug-likeness (QED) is 0.454. The van der Waals surface area contributed by atoms with Crippen LogP contribution < -0.4 is 4.90 Å². The minimum Gasteiger partial charge on any atom is -0.463 e. The zero-order chi connectivity index (χ0) is 26.7. The minimum absolute atomic E-state index is 0.0132. The average Bonchev–Trinajstić information content (AvgIpc) is 2.88. The lowest BCUT2D eigenvalue weighted by Gasteiger charge is -2.38. The summed E-state index contributed by atoms with van der Waals surface area (Å²) in [6.07, 6.45) is 0.0132. The zero-order valence-electron chi connectivity index (χ0n) is 20.7. The molecule has 1 unspecified atom stereocenters. The summed E-state index contributed by atoms with van der Waals surface area (Å²) in [4.78, 5) is 44.8. The first-order valence-electron chi connectivity index (χ1n) is 12.1. The standard InChI is InChI=1S/C27H28Cl3N3O4/c1-3-37-27(36)26-17(2)33(24(34)15-21(26)18-7-8-22(29)23(30)13-18)16-25(35)32-11-9-31(10-12-32)20-6-4-5-19(28)14-20/h4-8,13-14,21H,3,9-12,15-16H2,1-2H3. The van der Waals surface area contributed by atoms with Gasteiger partial charge in [-0.25, -0.2) is 4.79 Å². The molecule has 37 heavy (non-hydrogen) atoms. The van der Waals surface area contributed by atoms with E-state index < -0.39 is 11.9 Å². The lowest BCUT2D eigenvalue weighted by Crippen LogP contribution is -2.52. The molecule has 2 amide bonds. The van der Waals surface area contributed by atoms with Gasteiger partial charge in [0, 0.05) is 54.9 Å². The van der Waals surface area contributed by atoms with Gasteiger partial charge >= 0.3 is 5.97 Å². The topological polar surface area (TPSA) is 70.2 Å². The van der Waals surface area contributed by atoms with E-state index in [1.165, 1.54) is 4.90 Å². The third kappa shape index (κ3) is 6.06. The molecule has 0 aliphatic carbocycles. The Kier molecular flexibility index (Phi) is 8.67. The molecular weight excluding hydrogens is 537 g/mol. The van der Waals surface area contributed by atoms with E-state index in [-0.39, 0.29) is 31.4 Å². The van der Waals surface area contributed by atoms with E-state index in [0.29, 0.717) is 58.1 Å². The van der Waals surface area contributed by atoms with Crippen molar-refractivity contribution < 1.29 is 19.1 Å². The van der Waals surface area contributed by atoms with Gasteiger partial charge in [-0.15, -0.1) is 0 Å². The van der Waals surface area contributed by atoms with Crippen molar-refractivity contribution in [3.05, 3.63) is 74.4 Å². The number of rotatable bonds is 6. The predicted octanol–water partition coefficient (Wildman–Crippen LogP) is 5.15. The Hall–Kier alpha value is -2.74. The molecule has 1 atom stereocenters. The number of esters is 1. The van der Waals surface area contributed by atoms with E-state index in [9.17, 15) is 14.4 Å². The fourth-order valence-electron chi connectivity index (χ4n) is 4.81. The second-order valence-corrected chi connectivity index (χ2v) is 10.2. The molecule has 2 aliphatic rings. The molecule has 0 bridgehead atoms. The molecule has 0 aromatic heterocycles. The Bertz CT molecular complexity index is 1240. The summed E-state index contributed by atoms with van der Waals surface area (Å²) in [5.74, 6) is -1.48. The first-order valence-corrected chi connectivity index (χ1v) is 13.2. The van der Waals surface area contributed by atoms with Gasteiger partial charge in [0.1, 0.15) is 6.54 Å². The lowest BCUT2D eigenvalue weighted by molar-refractivity contribution is -0.142. The van der Waals surface area contributed by atoms with Gasteiger partial charge in [0.2, 0.25) is 11.8 Å². The number of benzene rings is 2. The number of nitrogens with zero attached hydrogens (tertiary/aromatic N) is 3. The highest BCUT2D eigenvalue weighted by Gasteiger charge is 2.38. The highest BCUT2D eigenvalue weighted by molar-refractivity contribution is 6.42. The van der Waals surface area contributed by atoms with Gasteiger partial charge in [-0.2, -0.15) is 0 Å². The number of hydrogen-bond donors (Lipinski definition) is 0. The second-order valence-electron chi connectivity index (χ2n) is 8.98. The molecule has 0 N–H and O–H groups in total. The van der Waals surface area contributed by atoms with Crippen molar-refractivity contribution in [2.45, 2.75) is 26.2 Å². The van der Waals surface area contributed by atoms with E-state index in [4.69, 9.17) is 39.5 Å². The number of anilines is 1. The second kappa shape index (κ2) is 11.8. The summed E-state index contributed by atoms with van der Waals surface area (Å²) in [5.41, 5.74) is 2.46. The summed E-state index contributed by atoms with van der Waals surface area (Å²) in [5, 5.41) is 1.38. The molecule has 1 saturated heterocycles. The van der Waals surface area contributed by atoms with Gasteiger partial charge < -0.3 is 19.4 Å². The molecule has 7 nitrogen and oxygen atoms in total. The molecule has 1 fully saturated rings. The van der Waals surface area contributed by atoms with Crippen molar-refractivity contribution in [3.8, 4) is 0 Å². The SMILES string of the molecule is CCOC(=O)C1=C(C)N(CC(=O)N2CCN(c3cccc(Cl)c3)CC2)C(=O)CC1c1ccc(Cl)c(Cl)c1. The molecule has 0 saturated carbocycles. The van der Waals surface area contributed by atoms with Crippen LogP contribution in [0.4, 0.5) is 5.69 Å². The Morgan fingerprint density at radius 2 is 1.73 bits per heavy atom. The summed E-state index contributed by atoms with van der Waals surface area (Å²) in [6, 6.07) is 12.7. The highest BCUT2D eigenvalue weighted by atomic mass is 35.5. The Labute approximate surface area is 231 Å². The zero-order valence-corrected chi connectivity index (χ0v) is 22.9. The van der Waals surface area contributed by atoms with E-state index >= 15 is 0 Å². The van der Waals surface area contributed by atoms with Gasteiger partial charge in [0.15, 0.2) is 0 Å². The summed E-state index contributed by atoms with van der Waals surface area (Å²) < 4.78 is 5.32. The Morgan fingerprint density at radius 3 is 2.38 bits per heavy atom. The van der Waals surface area contributed by atoms with Crippen LogP contribution in [0, 0.1) is 0 Å². The summed E-state index contributed by atoms with van der Waals surface area (Å²) >= 11 is 18.4. The molecule has 2 aromatic rings. The Morgan fingerprint density at radius 1 is 1.00 bits per heavy atom. The van der Waals surface area contributed by atoms with E-state index in [1.807, 2.05) is 24.3 Å². The average molecular weight is 565 g/mol. The van der Waals surface area contributed by atoms with E-state index in [2.05, 4.69) is 4.90 Å². The summed E-state index contributed by atoms with van der Waals surface area (Å²) in [7, 11) is 0. The molecule has 2 aromatic carbocycles. The van der Waals surface area contributed by atoms with Crippen LogP contribution in [0.1, 0.15) is 31.7 Å². The predicted molar refractivity (Wildman–Crippen MR) is 145 cm³/mol. The number of piperazine rings is 1. The molecule has 10 heteroatoms. The number of ether oxygens (including phenoxy) is 1. The van der Waals surface area contributed by atoms with Gasteiger partial charge in [-0.3, -0.25) is 9.59 Å². The first kappa shape index (κ1) is 27.3. The molecule has 2 aliphatic heterocycles. The third-order valence-corrected chi connectivity index (χ3v) is 7.74. The van der Waals surface area contributed by atoms with Crippen LogP contribution in [-0.2, 0) is 19.1 Å². The number of halogens is 3. The first-order chi connectivity index (χ1) is 17.7. The molecule has 196 valence electrons. The van der Waals surface area contributed by atoms with Crippen LogP contribution in [0.2, 0.25) is 15.1 Å². The van der Waals surface area contributed by atoms with Crippen molar-refractivity contribution in [2.75, 3.05) is 44.2 Å². The molecule has 0 radical (unpaired) electrons. The van der Waals surface area contributed by atoms with Gasteiger partial charge in [0.05, 0.1) is 22.2 Å². The van der Waals surface area contributed by atoms with Crippen LogP contribution in [0.3, 0.4) is 0 Å². The normalized spacial score (nSPS) is 18.4. The van der Waals surface area contributed by atoms with Crippen molar-refractivity contribution in [1.29, 1.82) is 0 Å². The largest absolute Gasteiger partial charge is 0.463 e. The van der Waals surface area contributed by atoms with Crippen molar-refractivity contribution >= 4 is 58.3 Å². The fraction of sp³-hybridized carbons (Fsp3) is 0.370. The van der Waals surface area contributed by atoms with Crippen LogP contribution >= 0.6 is 34.8 Å². The third-order valence-electron chi connectivity index (χ3n) is 6.76. The molecular formula is C27H28Cl3N3O4. The van der Waals surface area contributed by atoms with Crippen LogP contribution in [-0.4, -0.2) is 66.9 Å². The number of hydrogen-bond acceptors (Lipinski definition) is 5. The van der Waals surface area contributed by atoms with E-state index in [1.54, 1.807) is 36.9 Å². The minimum atomic E-state index is -0.547. The van der Waals surface area contributed by atoms with E-state index in [0.717, 1.165) is 5.69 Å². The monoisotopic (exact) mass is 563 g/mol. The maximum atomic E-state index is 13.2. The van der Waals surface area contributed by atoms with Gasteiger partial charge in [-0.05, 0) is 49.7 Å². The maximum Gasteiger partial charge on any atom is 0.336 e. The molecule has 2 heterocycles. The van der Waals surface area contributed by atoms with Crippen molar-refractivity contribution in [2.24, 2.45) is 0 Å². The number of carbonyl (C=O) groups excluding carboxylic acids is 3. The number of carbonyl (C=O) groups is 3.